The minimum Gasteiger partial charge on any atom is -0.380 e. The zero-order valence-electron chi connectivity index (χ0n) is 9.88. The second-order valence-corrected chi connectivity index (χ2v) is 4.23. The highest BCUT2D eigenvalue weighted by molar-refractivity contribution is 5.76. The van der Waals surface area contributed by atoms with Crippen molar-refractivity contribution in [2.45, 2.75) is 33.2 Å². The van der Waals surface area contributed by atoms with E-state index in [2.05, 4.69) is 49.2 Å². The van der Waals surface area contributed by atoms with Crippen LogP contribution in [0.5, 0.6) is 0 Å². The van der Waals surface area contributed by atoms with Gasteiger partial charge < -0.3 is 10.2 Å². The van der Waals surface area contributed by atoms with E-state index < -0.39 is 0 Å². The average molecular weight is 204 g/mol. The first kappa shape index (κ1) is 10.3. The number of hydrogen-bond donors (Lipinski definition) is 1. The van der Waals surface area contributed by atoms with Gasteiger partial charge in [-0.15, -0.1) is 0 Å². The smallest absolute Gasteiger partial charge is 0.0613 e. The average Bonchev–Trinajstić information content (AvgIpc) is 2.61. The first-order valence-corrected chi connectivity index (χ1v) is 5.89. The number of para-hydroxylation sites is 1. The van der Waals surface area contributed by atoms with Crippen LogP contribution in [0.15, 0.2) is 18.2 Å². The summed E-state index contributed by atoms with van der Waals surface area (Å²) < 4.78 is 0. The highest BCUT2D eigenvalue weighted by atomic mass is 15.1. The van der Waals surface area contributed by atoms with Crippen molar-refractivity contribution < 1.29 is 0 Å². The van der Waals surface area contributed by atoms with E-state index in [4.69, 9.17) is 0 Å². The van der Waals surface area contributed by atoms with E-state index >= 15 is 0 Å². The maximum absolute atomic E-state index is 3.57. The topological polar surface area (TPSA) is 15.3 Å². The molecule has 1 heterocycles. The number of fused-ring (bicyclic) bond motifs is 1. The molecule has 0 radical (unpaired) electrons. The number of nitrogens with zero attached hydrogens (tertiary/aromatic N) is 1. The summed E-state index contributed by atoms with van der Waals surface area (Å²) in [6, 6.07) is 7.21. The molecule has 1 aliphatic rings. The zero-order chi connectivity index (χ0) is 10.8. The van der Waals surface area contributed by atoms with Crippen LogP contribution in [0.4, 0.5) is 11.4 Å². The van der Waals surface area contributed by atoms with E-state index in [1.165, 1.54) is 16.9 Å². The van der Waals surface area contributed by atoms with E-state index in [-0.39, 0.29) is 0 Å². The number of benzene rings is 1. The molecule has 15 heavy (non-hydrogen) atoms. The third-order valence-electron chi connectivity index (χ3n) is 3.15. The Morgan fingerprint density at radius 2 is 2.07 bits per heavy atom. The Bertz CT molecular complexity index is 342. The summed E-state index contributed by atoms with van der Waals surface area (Å²) >= 11 is 0. The van der Waals surface area contributed by atoms with E-state index in [1.807, 2.05) is 0 Å². The molecule has 0 fully saturated rings. The van der Waals surface area contributed by atoms with Gasteiger partial charge in [-0.1, -0.05) is 12.1 Å². The minimum atomic E-state index is 0.580. The molecule has 0 saturated heterocycles. The summed E-state index contributed by atoms with van der Waals surface area (Å²) in [5, 5.41) is 3.57. The summed E-state index contributed by atoms with van der Waals surface area (Å²) in [6.45, 7) is 8.81. The molecular weight excluding hydrogens is 184 g/mol. The van der Waals surface area contributed by atoms with Crippen LogP contribution in [0.3, 0.4) is 0 Å². The maximum Gasteiger partial charge on any atom is 0.0613 e. The van der Waals surface area contributed by atoms with Crippen LogP contribution >= 0.6 is 0 Å². The molecule has 0 aromatic heterocycles. The Kier molecular flexibility index (Phi) is 2.85. The molecule has 1 unspecified atom stereocenters. The van der Waals surface area contributed by atoms with Crippen molar-refractivity contribution in [1.29, 1.82) is 0 Å². The second-order valence-electron chi connectivity index (χ2n) is 4.23. The van der Waals surface area contributed by atoms with Crippen LogP contribution in [0.25, 0.3) is 0 Å². The molecule has 82 valence electrons. The molecule has 2 rings (SSSR count). The van der Waals surface area contributed by atoms with Crippen molar-refractivity contribution in [2.24, 2.45) is 0 Å². The highest BCUT2D eigenvalue weighted by Gasteiger charge is 2.20. The van der Waals surface area contributed by atoms with Gasteiger partial charge in [0.2, 0.25) is 0 Å². The molecule has 0 aliphatic carbocycles. The summed E-state index contributed by atoms with van der Waals surface area (Å²) in [7, 11) is 0. The minimum absolute atomic E-state index is 0.580. The van der Waals surface area contributed by atoms with Crippen molar-refractivity contribution >= 4 is 11.4 Å². The first-order valence-electron chi connectivity index (χ1n) is 5.89. The Labute approximate surface area is 92.3 Å². The molecule has 1 atom stereocenters. The normalized spacial score (nSPS) is 18.5. The van der Waals surface area contributed by atoms with Gasteiger partial charge >= 0.3 is 0 Å². The summed E-state index contributed by atoms with van der Waals surface area (Å²) in [4.78, 5) is 2.41. The maximum atomic E-state index is 3.57. The summed E-state index contributed by atoms with van der Waals surface area (Å²) in [5.41, 5.74) is 4.18. The van der Waals surface area contributed by atoms with E-state index in [9.17, 15) is 0 Å². The van der Waals surface area contributed by atoms with Crippen molar-refractivity contribution in [3.63, 3.8) is 0 Å². The third-order valence-corrected chi connectivity index (χ3v) is 3.15. The first-order chi connectivity index (χ1) is 7.26. The quantitative estimate of drug-likeness (QED) is 0.814. The van der Waals surface area contributed by atoms with Crippen LogP contribution in [0.1, 0.15) is 26.3 Å². The van der Waals surface area contributed by atoms with Crippen LogP contribution in [0.2, 0.25) is 0 Å². The predicted molar refractivity (Wildman–Crippen MR) is 66.8 cm³/mol. The molecule has 0 saturated carbocycles. The Morgan fingerprint density at radius 3 is 2.73 bits per heavy atom. The molecule has 1 aromatic rings. The number of hydrogen-bond acceptors (Lipinski definition) is 2. The lowest BCUT2D eigenvalue weighted by atomic mass is 10.1. The van der Waals surface area contributed by atoms with Gasteiger partial charge in [0.05, 0.1) is 11.4 Å². The highest BCUT2D eigenvalue weighted by Crippen LogP contribution is 2.35. The summed E-state index contributed by atoms with van der Waals surface area (Å²) in [6.07, 6.45) is 1.16. The van der Waals surface area contributed by atoms with Crippen molar-refractivity contribution in [3.05, 3.63) is 23.8 Å². The van der Waals surface area contributed by atoms with Crippen molar-refractivity contribution in [1.82, 2.24) is 0 Å². The molecule has 1 N–H and O–H groups in total. The Morgan fingerprint density at radius 1 is 1.33 bits per heavy atom. The van der Waals surface area contributed by atoms with E-state index in [0.29, 0.717) is 6.04 Å². The molecule has 0 spiro atoms. The number of rotatable bonds is 3. The standard InChI is InChI=1S/C13H20N2/c1-4-15(5-2)12-8-6-7-11-9-10(3)14-13(11)12/h6-8,10,14H,4-5,9H2,1-3H3. The van der Waals surface area contributed by atoms with E-state index in [0.717, 1.165) is 19.5 Å². The molecule has 1 aliphatic heterocycles. The van der Waals surface area contributed by atoms with Gasteiger partial charge in [0, 0.05) is 19.1 Å². The van der Waals surface area contributed by atoms with Gasteiger partial charge in [-0.25, -0.2) is 0 Å². The van der Waals surface area contributed by atoms with Gasteiger partial charge in [0.25, 0.3) is 0 Å². The predicted octanol–water partition coefficient (Wildman–Crippen LogP) is 2.89. The largest absolute Gasteiger partial charge is 0.380 e. The van der Waals surface area contributed by atoms with Gasteiger partial charge in [-0.3, -0.25) is 0 Å². The Balaban J connectivity index is 2.37. The van der Waals surface area contributed by atoms with Crippen LogP contribution in [-0.4, -0.2) is 19.1 Å². The van der Waals surface area contributed by atoms with Crippen molar-refractivity contribution in [3.8, 4) is 0 Å². The number of anilines is 2. The Hall–Kier alpha value is -1.18. The van der Waals surface area contributed by atoms with Gasteiger partial charge in [0.1, 0.15) is 0 Å². The zero-order valence-corrected chi connectivity index (χ0v) is 9.88. The lowest BCUT2D eigenvalue weighted by molar-refractivity contribution is 0.837. The second kappa shape index (κ2) is 4.13. The molecule has 2 heteroatoms. The van der Waals surface area contributed by atoms with Crippen LogP contribution in [0, 0.1) is 0 Å². The molecular formula is C13H20N2. The summed E-state index contributed by atoms with van der Waals surface area (Å²) in [5.74, 6) is 0. The van der Waals surface area contributed by atoms with Crippen LogP contribution < -0.4 is 10.2 Å². The fraction of sp³-hybridized carbons (Fsp3) is 0.538. The monoisotopic (exact) mass is 204 g/mol. The van der Waals surface area contributed by atoms with Crippen LogP contribution in [-0.2, 0) is 6.42 Å². The fourth-order valence-electron chi connectivity index (χ4n) is 2.38. The lowest BCUT2D eigenvalue weighted by Gasteiger charge is -2.24. The van der Waals surface area contributed by atoms with Crippen molar-refractivity contribution in [2.75, 3.05) is 23.3 Å². The van der Waals surface area contributed by atoms with E-state index in [1.54, 1.807) is 0 Å². The molecule has 0 amide bonds. The number of nitrogens with one attached hydrogen (secondary N) is 1. The third kappa shape index (κ3) is 1.81. The SMILES string of the molecule is CCN(CC)c1cccc2c1NC(C)C2. The molecule has 2 nitrogen and oxygen atoms in total. The molecule has 1 aromatic carbocycles. The van der Waals surface area contributed by atoms with Gasteiger partial charge in [-0.2, -0.15) is 0 Å². The van der Waals surface area contributed by atoms with Gasteiger partial charge in [0.15, 0.2) is 0 Å². The fourth-order valence-corrected chi connectivity index (χ4v) is 2.38. The lowest BCUT2D eigenvalue weighted by Crippen LogP contribution is -2.23. The van der Waals surface area contributed by atoms with Gasteiger partial charge in [-0.05, 0) is 38.8 Å². The molecule has 0 bridgehead atoms.